The largest absolute Gasteiger partial charge is 0.342 e. The summed E-state index contributed by atoms with van der Waals surface area (Å²) in [4.78, 5) is 26.9. The third-order valence-corrected chi connectivity index (χ3v) is 5.64. The van der Waals surface area contributed by atoms with E-state index in [0.29, 0.717) is 24.8 Å². The molecule has 2 atom stereocenters. The Bertz CT molecular complexity index is 401. The average Bonchev–Trinajstić information content (AvgIpc) is 3.01. The van der Waals surface area contributed by atoms with E-state index in [9.17, 15) is 9.59 Å². The highest BCUT2D eigenvalue weighted by molar-refractivity contribution is 5.93. The molecule has 20 heavy (non-hydrogen) atoms. The molecule has 0 bridgehead atoms. The molecule has 2 aliphatic carbocycles. The number of rotatable bonds is 2. The maximum absolute atomic E-state index is 12.9. The van der Waals surface area contributed by atoms with Gasteiger partial charge in [-0.3, -0.25) is 9.59 Å². The van der Waals surface area contributed by atoms with Crippen LogP contribution in [0.2, 0.25) is 0 Å². The van der Waals surface area contributed by atoms with Crippen LogP contribution < -0.4 is 5.32 Å². The quantitative estimate of drug-likeness (QED) is 0.841. The molecule has 0 aromatic carbocycles. The Morgan fingerprint density at radius 1 is 1.20 bits per heavy atom. The van der Waals surface area contributed by atoms with Crippen LogP contribution in [0.15, 0.2) is 0 Å². The van der Waals surface area contributed by atoms with Gasteiger partial charge in [0.25, 0.3) is 0 Å². The minimum atomic E-state index is -0.560. The Labute approximate surface area is 121 Å². The van der Waals surface area contributed by atoms with Crippen LogP contribution in [0.3, 0.4) is 0 Å². The van der Waals surface area contributed by atoms with Gasteiger partial charge in [0.15, 0.2) is 0 Å². The number of amides is 2. The van der Waals surface area contributed by atoms with Crippen LogP contribution in [-0.4, -0.2) is 35.3 Å². The standard InChI is InChI=1S/C16H26N2O2/c1-12-5-4-6-13(12)11-18-10-7-14(19)17-16(15(18)20)8-2-3-9-16/h12-13H,2-11H2,1H3,(H,17,19). The Morgan fingerprint density at radius 2 is 1.95 bits per heavy atom. The second kappa shape index (κ2) is 5.38. The minimum absolute atomic E-state index is 0.0576. The van der Waals surface area contributed by atoms with Gasteiger partial charge >= 0.3 is 0 Å². The molecule has 0 aromatic rings. The summed E-state index contributed by atoms with van der Waals surface area (Å²) in [6.07, 6.45) is 8.04. The molecule has 1 N–H and O–H groups in total. The molecule has 4 heteroatoms. The van der Waals surface area contributed by atoms with E-state index in [4.69, 9.17) is 0 Å². The van der Waals surface area contributed by atoms with Crippen molar-refractivity contribution in [3.63, 3.8) is 0 Å². The van der Waals surface area contributed by atoms with Gasteiger partial charge in [-0.05, 0) is 31.1 Å². The molecule has 2 saturated carbocycles. The van der Waals surface area contributed by atoms with Crippen LogP contribution in [0.25, 0.3) is 0 Å². The summed E-state index contributed by atoms with van der Waals surface area (Å²) >= 11 is 0. The summed E-state index contributed by atoms with van der Waals surface area (Å²) in [5.41, 5.74) is -0.560. The molecule has 0 radical (unpaired) electrons. The van der Waals surface area contributed by atoms with E-state index in [2.05, 4.69) is 12.2 Å². The zero-order chi connectivity index (χ0) is 14.2. The molecule has 1 spiro atoms. The summed E-state index contributed by atoms with van der Waals surface area (Å²) in [5, 5.41) is 3.04. The zero-order valence-electron chi connectivity index (χ0n) is 12.5. The van der Waals surface area contributed by atoms with Gasteiger partial charge in [-0.1, -0.05) is 32.6 Å². The molecular weight excluding hydrogens is 252 g/mol. The van der Waals surface area contributed by atoms with Crippen molar-refractivity contribution in [3.8, 4) is 0 Å². The van der Waals surface area contributed by atoms with E-state index in [1.165, 1.54) is 19.3 Å². The maximum atomic E-state index is 12.9. The number of nitrogens with zero attached hydrogens (tertiary/aromatic N) is 1. The summed E-state index contributed by atoms with van der Waals surface area (Å²) in [6, 6.07) is 0. The second-order valence-corrected chi connectivity index (χ2v) is 7.01. The topological polar surface area (TPSA) is 49.4 Å². The van der Waals surface area contributed by atoms with E-state index in [0.717, 1.165) is 32.2 Å². The van der Waals surface area contributed by atoms with Crippen LogP contribution in [-0.2, 0) is 9.59 Å². The third-order valence-electron chi connectivity index (χ3n) is 5.64. The van der Waals surface area contributed by atoms with Crippen molar-refractivity contribution < 1.29 is 9.59 Å². The van der Waals surface area contributed by atoms with Crippen LogP contribution in [0.1, 0.15) is 58.3 Å². The molecule has 2 unspecified atom stereocenters. The van der Waals surface area contributed by atoms with Crippen LogP contribution in [0.4, 0.5) is 0 Å². The Hall–Kier alpha value is -1.06. The van der Waals surface area contributed by atoms with Crippen LogP contribution >= 0.6 is 0 Å². The summed E-state index contributed by atoms with van der Waals surface area (Å²) in [6.45, 7) is 3.76. The molecule has 3 fully saturated rings. The first kappa shape index (κ1) is 13.9. The van der Waals surface area contributed by atoms with E-state index in [1.807, 2.05) is 4.90 Å². The third kappa shape index (κ3) is 2.45. The summed E-state index contributed by atoms with van der Waals surface area (Å²) in [5.74, 6) is 1.60. The number of nitrogens with one attached hydrogen (secondary N) is 1. The highest BCUT2D eigenvalue weighted by Gasteiger charge is 2.46. The molecule has 3 aliphatic rings. The predicted octanol–water partition coefficient (Wildman–Crippen LogP) is 2.08. The molecule has 112 valence electrons. The number of carbonyl (C=O) groups is 2. The van der Waals surface area contributed by atoms with Gasteiger partial charge in [-0.15, -0.1) is 0 Å². The van der Waals surface area contributed by atoms with Crippen molar-refractivity contribution in [2.75, 3.05) is 13.1 Å². The predicted molar refractivity (Wildman–Crippen MR) is 77.0 cm³/mol. The Balaban J connectivity index is 1.75. The minimum Gasteiger partial charge on any atom is -0.342 e. The first-order valence-electron chi connectivity index (χ1n) is 8.21. The Kier molecular flexibility index (Phi) is 3.74. The summed E-state index contributed by atoms with van der Waals surface area (Å²) in [7, 11) is 0. The molecule has 1 saturated heterocycles. The lowest BCUT2D eigenvalue weighted by atomic mass is 9.93. The van der Waals surface area contributed by atoms with Gasteiger partial charge in [0.05, 0.1) is 0 Å². The maximum Gasteiger partial charge on any atom is 0.248 e. The lowest BCUT2D eigenvalue weighted by molar-refractivity contribution is -0.139. The van der Waals surface area contributed by atoms with Gasteiger partial charge in [-0.2, -0.15) is 0 Å². The van der Waals surface area contributed by atoms with E-state index >= 15 is 0 Å². The SMILES string of the molecule is CC1CCCC1CN1CCC(=O)NC2(CCCC2)C1=O. The van der Waals surface area contributed by atoms with Gasteiger partial charge in [0.1, 0.15) is 5.54 Å². The zero-order valence-corrected chi connectivity index (χ0v) is 12.5. The first-order chi connectivity index (χ1) is 9.61. The average molecular weight is 278 g/mol. The van der Waals surface area contributed by atoms with Gasteiger partial charge < -0.3 is 10.2 Å². The Morgan fingerprint density at radius 3 is 2.60 bits per heavy atom. The number of carbonyl (C=O) groups excluding carboxylic acids is 2. The van der Waals surface area contributed by atoms with E-state index in [1.54, 1.807) is 0 Å². The molecule has 1 aliphatic heterocycles. The van der Waals surface area contributed by atoms with E-state index < -0.39 is 5.54 Å². The fraction of sp³-hybridized carbons (Fsp3) is 0.875. The van der Waals surface area contributed by atoms with Crippen molar-refractivity contribution in [1.82, 2.24) is 10.2 Å². The first-order valence-corrected chi connectivity index (χ1v) is 8.21. The fourth-order valence-electron chi connectivity index (χ4n) is 4.29. The van der Waals surface area contributed by atoms with Crippen molar-refractivity contribution in [1.29, 1.82) is 0 Å². The molecule has 2 amide bonds. The molecule has 1 heterocycles. The van der Waals surface area contributed by atoms with Crippen LogP contribution in [0, 0.1) is 11.8 Å². The number of hydrogen-bond donors (Lipinski definition) is 1. The monoisotopic (exact) mass is 278 g/mol. The van der Waals surface area contributed by atoms with E-state index in [-0.39, 0.29) is 11.8 Å². The van der Waals surface area contributed by atoms with Crippen molar-refractivity contribution in [3.05, 3.63) is 0 Å². The van der Waals surface area contributed by atoms with Gasteiger partial charge in [0, 0.05) is 19.5 Å². The summed E-state index contributed by atoms with van der Waals surface area (Å²) < 4.78 is 0. The van der Waals surface area contributed by atoms with Gasteiger partial charge in [-0.25, -0.2) is 0 Å². The lowest BCUT2D eigenvalue weighted by Crippen LogP contribution is -2.56. The van der Waals surface area contributed by atoms with Crippen molar-refractivity contribution in [2.45, 2.75) is 63.8 Å². The molecule has 3 rings (SSSR count). The highest BCUT2D eigenvalue weighted by Crippen LogP contribution is 2.36. The fourth-order valence-corrected chi connectivity index (χ4v) is 4.29. The lowest BCUT2D eigenvalue weighted by Gasteiger charge is -2.33. The van der Waals surface area contributed by atoms with Crippen LogP contribution in [0.5, 0.6) is 0 Å². The van der Waals surface area contributed by atoms with Crippen molar-refractivity contribution >= 4 is 11.8 Å². The smallest absolute Gasteiger partial charge is 0.248 e. The van der Waals surface area contributed by atoms with Gasteiger partial charge in [0.2, 0.25) is 11.8 Å². The second-order valence-electron chi connectivity index (χ2n) is 7.01. The normalized spacial score (nSPS) is 33.5. The molecule has 4 nitrogen and oxygen atoms in total. The molecular formula is C16H26N2O2. The molecule has 0 aromatic heterocycles. The highest BCUT2D eigenvalue weighted by atomic mass is 16.2. The number of hydrogen-bond acceptors (Lipinski definition) is 2. The van der Waals surface area contributed by atoms with Crippen molar-refractivity contribution in [2.24, 2.45) is 11.8 Å².